The van der Waals surface area contributed by atoms with Crippen LogP contribution in [-0.4, -0.2) is 66.0 Å². The van der Waals surface area contributed by atoms with Gasteiger partial charge in [-0.15, -0.1) is 0 Å². The molecule has 3 aromatic carbocycles. The molecule has 0 radical (unpaired) electrons. The summed E-state index contributed by atoms with van der Waals surface area (Å²) >= 11 is 0. The lowest BCUT2D eigenvalue weighted by Gasteiger charge is -2.28. The Kier molecular flexibility index (Phi) is 9.39. The summed E-state index contributed by atoms with van der Waals surface area (Å²) < 4.78 is 11.7. The molecule has 204 valence electrons. The van der Waals surface area contributed by atoms with E-state index >= 15 is 0 Å². The fourth-order valence-electron chi connectivity index (χ4n) is 4.77. The molecule has 0 aromatic heterocycles. The Labute approximate surface area is 230 Å². The lowest BCUT2D eigenvalue weighted by atomic mass is 9.95. The van der Waals surface area contributed by atoms with Crippen molar-refractivity contribution in [1.82, 2.24) is 9.80 Å². The number of nitrogens with zero attached hydrogens (tertiary/aromatic N) is 2. The summed E-state index contributed by atoms with van der Waals surface area (Å²) in [4.78, 5) is 30.2. The molecule has 1 amide bonds. The smallest absolute Gasteiger partial charge is 0.295 e. The third-order valence-corrected chi connectivity index (χ3v) is 7.04. The summed E-state index contributed by atoms with van der Waals surface area (Å²) in [6.07, 6.45) is 0. The molecule has 0 saturated carbocycles. The fraction of sp³-hybridized carbons (Fsp3) is 0.312. The number of para-hydroxylation sites is 1. The van der Waals surface area contributed by atoms with E-state index in [-0.39, 0.29) is 11.3 Å². The fourth-order valence-corrected chi connectivity index (χ4v) is 4.77. The summed E-state index contributed by atoms with van der Waals surface area (Å²) in [6.45, 7) is 9.57. The van der Waals surface area contributed by atoms with Gasteiger partial charge < -0.3 is 24.4 Å². The van der Waals surface area contributed by atoms with E-state index in [1.165, 1.54) is 0 Å². The van der Waals surface area contributed by atoms with E-state index in [0.29, 0.717) is 37.6 Å². The van der Waals surface area contributed by atoms with Crippen LogP contribution in [0, 0.1) is 6.92 Å². The van der Waals surface area contributed by atoms with E-state index in [9.17, 15) is 14.7 Å². The molecule has 7 heteroatoms. The molecule has 1 unspecified atom stereocenters. The molecule has 7 nitrogen and oxygen atoms in total. The minimum absolute atomic E-state index is 0.103. The van der Waals surface area contributed by atoms with E-state index in [4.69, 9.17) is 9.47 Å². The number of aryl methyl sites for hydroxylation is 1. The van der Waals surface area contributed by atoms with Crippen molar-refractivity contribution in [3.05, 3.63) is 101 Å². The highest BCUT2D eigenvalue weighted by Gasteiger charge is 2.45. The van der Waals surface area contributed by atoms with E-state index in [1.54, 1.807) is 29.2 Å². The van der Waals surface area contributed by atoms with Gasteiger partial charge in [0.25, 0.3) is 11.7 Å². The number of amides is 1. The molecule has 39 heavy (non-hydrogen) atoms. The number of benzene rings is 3. The van der Waals surface area contributed by atoms with Gasteiger partial charge in [0.15, 0.2) is 0 Å². The third kappa shape index (κ3) is 6.49. The van der Waals surface area contributed by atoms with Crippen LogP contribution in [0.15, 0.2) is 84.4 Å². The second-order valence-corrected chi connectivity index (χ2v) is 9.42. The van der Waals surface area contributed by atoms with Crippen LogP contribution in [0.5, 0.6) is 11.5 Å². The monoisotopic (exact) mass is 528 g/mol. The number of carbonyl (C=O) groups is 2. The molecule has 1 aliphatic heterocycles. The largest absolute Gasteiger partial charge is 0.507 e. The Hall–Kier alpha value is -4.10. The van der Waals surface area contributed by atoms with Gasteiger partial charge in [-0.05, 0) is 49.3 Å². The number of ether oxygens (including phenoxy) is 2. The van der Waals surface area contributed by atoms with Crippen LogP contribution < -0.4 is 9.47 Å². The SMILES string of the molecule is CCN(CC)CCN1C(=O)C(=O)/C(=C(/O)c2ccccc2)C1c1ccc(OCCOc2ccccc2C)cc1. The lowest BCUT2D eigenvalue weighted by molar-refractivity contribution is -0.140. The Morgan fingerprint density at radius 2 is 1.51 bits per heavy atom. The topological polar surface area (TPSA) is 79.3 Å². The van der Waals surface area contributed by atoms with E-state index in [0.717, 1.165) is 30.0 Å². The van der Waals surface area contributed by atoms with Crippen molar-refractivity contribution in [2.75, 3.05) is 39.4 Å². The van der Waals surface area contributed by atoms with Crippen molar-refractivity contribution < 1.29 is 24.2 Å². The van der Waals surface area contributed by atoms with Gasteiger partial charge in [-0.2, -0.15) is 0 Å². The molecule has 1 saturated heterocycles. The van der Waals surface area contributed by atoms with Gasteiger partial charge in [0.2, 0.25) is 0 Å². The molecule has 1 fully saturated rings. The normalized spacial score (nSPS) is 16.6. The van der Waals surface area contributed by atoms with Gasteiger partial charge in [0.05, 0.1) is 11.6 Å². The highest BCUT2D eigenvalue weighted by Crippen LogP contribution is 2.39. The van der Waals surface area contributed by atoms with Crippen molar-refractivity contribution in [3.8, 4) is 11.5 Å². The first-order valence-corrected chi connectivity index (χ1v) is 13.4. The van der Waals surface area contributed by atoms with Crippen LogP contribution in [0.3, 0.4) is 0 Å². The quantitative estimate of drug-likeness (QED) is 0.150. The second-order valence-electron chi connectivity index (χ2n) is 9.42. The minimum Gasteiger partial charge on any atom is -0.507 e. The standard InChI is InChI=1S/C32H36N2O5/c1-4-33(5-2)19-20-34-29(28(31(36)32(34)37)30(35)25-12-7-6-8-13-25)24-15-17-26(18-16-24)38-21-22-39-27-14-10-9-11-23(27)3/h6-18,29,35H,4-5,19-22H2,1-3H3/b30-28+. The number of carbonyl (C=O) groups excluding carboxylic acids is 2. The molecule has 0 aliphatic carbocycles. The molecular weight excluding hydrogens is 492 g/mol. The predicted octanol–water partition coefficient (Wildman–Crippen LogP) is 5.22. The van der Waals surface area contributed by atoms with Crippen LogP contribution >= 0.6 is 0 Å². The Balaban J connectivity index is 1.55. The third-order valence-electron chi connectivity index (χ3n) is 7.04. The summed E-state index contributed by atoms with van der Waals surface area (Å²) in [5.41, 5.74) is 2.40. The van der Waals surface area contributed by atoms with Gasteiger partial charge in [0.1, 0.15) is 30.5 Å². The summed E-state index contributed by atoms with van der Waals surface area (Å²) in [6, 6.07) is 23.3. The molecule has 4 rings (SSSR count). The average molecular weight is 529 g/mol. The number of hydrogen-bond donors (Lipinski definition) is 1. The molecule has 1 N–H and O–H groups in total. The highest BCUT2D eigenvalue weighted by atomic mass is 16.5. The Bertz CT molecular complexity index is 1300. The summed E-state index contributed by atoms with van der Waals surface area (Å²) in [5, 5.41) is 11.2. The maximum Gasteiger partial charge on any atom is 0.295 e. The number of likely N-dealkylation sites (tertiary alicyclic amines) is 1. The molecule has 1 aliphatic rings. The average Bonchev–Trinajstić information content (AvgIpc) is 3.22. The van der Waals surface area contributed by atoms with Crippen LogP contribution in [0.4, 0.5) is 0 Å². The van der Waals surface area contributed by atoms with Crippen LogP contribution in [-0.2, 0) is 9.59 Å². The van der Waals surface area contributed by atoms with Crippen molar-refractivity contribution >= 4 is 17.4 Å². The number of aliphatic hydroxyl groups is 1. The molecule has 1 heterocycles. The first kappa shape index (κ1) is 27.9. The number of aliphatic hydroxyl groups excluding tert-OH is 1. The molecular formula is C32H36N2O5. The predicted molar refractivity (Wildman–Crippen MR) is 152 cm³/mol. The van der Waals surface area contributed by atoms with Crippen LogP contribution in [0.1, 0.15) is 36.6 Å². The molecule has 3 aromatic rings. The van der Waals surface area contributed by atoms with Crippen LogP contribution in [0.25, 0.3) is 5.76 Å². The molecule has 0 bridgehead atoms. The zero-order chi connectivity index (χ0) is 27.8. The number of rotatable bonds is 12. The zero-order valence-electron chi connectivity index (χ0n) is 22.8. The van der Waals surface area contributed by atoms with Gasteiger partial charge in [-0.3, -0.25) is 9.59 Å². The van der Waals surface area contributed by atoms with E-state index < -0.39 is 17.7 Å². The first-order valence-electron chi connectivity index (χ1n) is 13.4. The van der Waals surface area contributed by atoms with Crippen molar-refractivity contribution in [2.45, 2.75) is 26.8 Å². The number of hydrogen-bond acceptors (Lipinski definition) is 6. The van der Waals surface area contributed by atoms with Crippen molar-refractivity contribution in [2.24, 2.45) is 0 Å². The Morgan fingerprint density at radius 3 is 2.18 bits per heavy atom. The maximum atomic E-state index is 13.2. The lowest BCUT2D eigenvalue weighted by Crippen LogP contribution is -2.38. The van der Waals surface area contributed by atoms with E-state index in [2.05, 4.69) is 18.7 Å². The number of ketones is 1. The first-order chi connectivity index (χ1) is 18.9. The molecule has 1 atom stereocenters. The van der Waals surface area contributed by atoms with Crippen LogP contribution in [0.2, 0.25) is 0 Å². The van der Waals surface area contributed by atoms with Gasteiger partial charge in [-0.25, -0.2) is 0 Å². The number of Topliss-reactive ketones (excluding diaryl/α,β-unsaturated/α-hetero) is 1. The van der Waals surface area contributed by atoms with Crippen molar-refractivity contribution in [1.29, 1.82) is 0 Å². The summed E-state index contributed by atoms with van der Waals surface area (Å²) in [5.74, 6) is 0.0375. The van der Waals surface area contributed by atoms with Gasteiger partial charge in [-0.1, -0.05) is 74.5 Å². The van der Waals surface area contributed by atoms with E-state index in [1.807, 2.05) is 61.5 Å². The molecule has 0 spiro atoms. The van der Waals surface area contributed by atoms with Gasteiger partial charge >= 0.3 is 0 Å². The zero-order valence-corrected chi connectivity index (χ0v) is 22.8. The number of likely N-dealkylation sites (N-methyl/N-ethyl adjacent to an activating group) is 1. The Morgan fingerprint density at radius 1 is 0.872 bits per heavy atom. The van der Waals surface area contributed by atoms with Gasteiger partial charge in [0, 0.05) is 18.7 Å². The second kappa shape index (κ2) is 13.1. The minimum atomic E-state index is -0.695. The maximum absolute atomic E-state index is 13.2. The van der Waals surface area contributed by atoms with Crippen molar-refractivity contribution in [3.63, 3.8) is 0 Å². The summed E-state index contributed by atoms with van der Waals surface area (Å²) in [7, 11) is 0. The highest BCUT2D eigenvalue weighted by molar-refractivity contribution is 6.46.